The van der Waals surface area contributed by atoms with Crippen LogP contribution >= 0.6 is 15.6 Å². The average molecular weight is 1140 g/mol. The van der Waals surface area contributed by atoms with E-state index in [4.69, 9.17) is 33.7 Å². The van der Waals surface area contributed by atoms with Crippen LogP contribution in [0.25, 0.3) is 0 Å². The molecule has 0 aliphatic carbocycles. The molecule has 2 saturated heterocycles. The molecule has 19 nitrogen and oxygen atoms in total. The van der Waals surface area contributed by atoms with Crippen LogP contribution in [0, 0.1) is 5.92 Å². The molecule has 5 unspecified atom stereocenters. The molecule has 0 saturated carbocycles. The number of aliphatic hydroxyl groups is 2. The minimum absolute atomic E-state index is 0.0381. The third-order valence-corrected chi connectivity index (χ3v) is 16.8. The summed E-state index contributed by atoms with van der Waals surface area (Å²) < 4.78 is 62.8. The van der Waals surface area contributed by atoms with Crippen molar-refractivity contribution in [2.24, 2.45) is 5.92 Å². The molecule has 448 valence electrons. The summed E-state index contributed by atoms with van der Waals surface area (Å²) in [6.45, 7) is 4.48. The highest BCUT2D eigenvalue weighted by atomic mass is 31.3. The Bertz CT molecular complexity index is 2040. The van der Waals surface area contributed by atoms with Gasteiger partial charge >= 0.3 is 33.3 Å². The maximum Gasteiger partial charge on any atom is 0.481 e. The van der Waals surface area contributed by atoms with Gasteiger partial charge in [0.2, 0.25) is 0 Å². The lowest BCUT2D eigenvalue weighted by atomic mass is 9.99. The van der Waals surface area contributed by atoms with E-state index >= 15 is 0 Å². The highest BCUT2D eigenvalue weighted by molar-refractivity contribution is 7.61. The summed E-state index contributed by atoms with van der Waals surface area (Å²) in [6.07, 6.45) is 39.5. The molecule has 0 radical (unpaired) electrons. The van der Waals surface area contributed by atoms with Gasteiger partial charge in [-0.15, -0.1) is 0 Å². The molecule has 1 aromatic heterocycles. The number of epoxide rings is 1. The number of unbranched alkanes of at least 4 members (excludes halogenated alkanes) is 21. The Morgan fingerprint density at radius 2 is 1.22 bits per heavy atom. The van der Waals surface area contributed by atoms with Gasteiger partial charge in [0.25, 0.3) is 0 Å². The zero-order valence-corrected chi connectivity index (χ0v) is 49.1. The molecule has 0 aromatic carbocycles. The van der Waals surface area contributed by atoms with Crippen LogP contribution in [-0.2, 0) is 51.0 Å². The van der Waals surface area contributed by atoms with Crippen molar-refractivity contribution in [3.8, 4) is 0 Å². The molecule has 6 N–H and O–H groups in total. The van der Waals surface area contributed by atoms with Crippen molar-refractivity contribution in [3.05, 3.63) is 59.2 Å². The first-order chi connectivity index (χ1) is 37.5. The molecule has 1 aromatic rings. The van der Waals surface area contributed by atoms with E-state index in [0.29, 0.717) is 19.3 Å². The number of ether oxygens (including phenoxy) is 4. The standard InChI is InChI=1S/C57H99N3O16P2/c1-4-6-7-8-9-20-24-27-32-37-48-49(74-48)38-33-29-30-34-39-52(61)70-43-47(73-53(62)40-35-28-25-22-19-17-15-13-11-10-12-14-16-18-21-23-26-31-36-46(3)5-2)44-71-77(66,67)76-78(68,69)72-45-50-54(63)55(64)56(75-50)60-42-41-51(58)59-57(60)65/h9,20,27,29,32-33,41-42,46-50,54-56,63-64H,4-8,10-19,21-26,28,30-31,34-40,43-45H2,1-3H3,(H,66,67)(H,68,69)(H2,58,59,65)/b20-9-,32-27-,33-29-/t46?,47-,48?,49?,50-,54-,55-,56-/m1/s1. The molecule has 0 spiro atoms. The summed E-state index contributed by atoms with van der Waals surface area (Å²) in [5.41, 5.74) is 4.60. The summed E-state index contributed by atoms with van der Waals surface area (Å²) in [5, 5.41) is 21.0. The number of phosphoric acid groups is 2. The molecule has 3 rings (SSSR count). The zero-order valence-electron chi connectivity index (χ0n) is 47.3. The Balaban J connectivity index is 1.36. The van der Waals surface area contributed by atoms with Crippen LogP contribution < -0.4 is 11.4 Å². The molecule has 21 heteroatoms. The molecule has 3 heterocycles. The topological polar surface area (TPSA) is 278 Å². The number of phosphoric ester groups is 2. The minimum atomic E-state index is -5.44. The quantitative estimate of drug-likeness (QED) is 0.0133. The lowest BCUT2D eigenvalue weighted by Crippen LogP contribution is -2.36. The van der Waals surface area contributed by atoms with Gasteiger partial charge in [-0.05, 0) is 63.4 Å². The number of aliphatic hydroxyl groups excluding tert-OH is 2. The number of hydrogen-bond donors (Lipinski definition) is 5. The fourth-order valence-corrected chi connectivity index (χ4v) is 11.2. The Morgan fingerprint density at radius 1 is 0.679 bits per heavy atom. The highest BCUT2D eigenvalue weighted by Crippen LogP contribution is 2.60. The second kappa shape index (κ2) is 41.0. The molecule has 2 aliphatic rings. The number of carbonyl (C=O) groups excluding carboxylic acids is 2. The molecule has 2 aliphatic heterocycles. The van der Waals surface area contributed by atoms with Crippen molar-refractivity contribution >= 4 is 33.4 Å². The Morgan fingerprint density at radius 3 is 1.82 bits per heavy atom. The van der Waals surface area contributed by atoms with Crippen LogP contribution in [0.2, 0.25) is 0 Å². The summed E-state index contributed by atoms with van der Waals surface area (Å²) in [4.78, 5) is 62.2. The van der Waals surface area contributed by atoms with E-state index < -0.39 is 83.7 Å². The number of hydrogen-bond acceptors (Lipinski definition) is 16. The second-order valence-corrected chi connectivity index (χ2v) is 24.2. The number of carbonyl (C=O) groups is 2. The van der Waals surface area contributed by atoms with Crippen molar-refractivity contribution in [2.75, 3.05) is 25.6 Å². The van der Waals surface area contributed by atoms with Crippen molar-refractivity contribution in [1.29, 1.82) is 0 Å². The first-order valence-electron chi connectivity index (χ1n) is 29.5. The van der Waals surface area contributed by atoms with Crippen molar-refractivity contribution < 1.29 is 71.0 Å². The van der Waals surface area contributed by atoms with Gasteiger partial charge in [0.1, 0.15) is 30.7 Å². The molecular weight excluding hydrogens is 1040 g/mol. The molecule has 0 amide bonds. The molecule has 0 bridgehead atoms. The van der Waals surface area contributed by atoms with E-state index in [2.05, 4.69) is 54.4 Å². The highest BCUT2D eigenvalue weighted by Gasteiger charge is 2.46. The largest absolute Gasteiger partial charge is 0.481 e. The lowest BCUT2D eigenvalue weighted by Gasteiger charge is -2.21. The molecular formula is C57H99N3O16P2. The van der Waals surface area contributed by atoms with Crippen LogP contribution in [0.1, 0.15) is 226 Å². The number of nitrogens with zero attached hydrogens (tertiary/aromatic N) is 2. The van der Waals surface area contributed by atoms with E-state index in [0.717, 1.165) is 61.9 Å². The predicted octanol–water partition coefficient (Wildman–Crippen LogP) is 12.4. The Kier molecular flexibility index (Phi) is 36.4. The summed E-state index contributed by atoms with van der Waals surface area (Å²) >= 11 is 0. The van der Waals surface area contributed by atoms with Crippen LogP contribution in [-0.4, -0.2) is 97.9 Å². The van der Waals surface area contributed by atoms with E-state index in [9.17, 15) is 43.5 Å². The Hall–Kier alpha value is -3.06. The number of anilines is 1. The van der Waals surface area contributed by atoms with Crippen molar-refractivity contribution in [2.45, 2.75) is 263 Å². The van der Waals surface area contributed by atoms with Gasteiger partial charge in [0, 0.05) is 19.0 Å². The van der Waals surface area contributed by atoms with E-state index in [1.165, 1.54) is 128 Å². The monoisotopic (exact) mass is 1140 g/mol. The summed E-state index contributed by atoms with van der Waals surface area (Å²) in [7, 11) is -10.9. The number of nitrogens with two attached hydrogens (primary N) is 1. The van der Waals surface area contributed by atoms with Crippen molar-refractivity contribution in [3.63, 3.8) is 0 Å². The maximum atomic E-state index is 13.0. The smallest absolute Gasteiger partial charge is 0.462 e. The average Bonchev–Trinajstić information content (AvgIpc) is 4.12. The number of allylic oxidation sites excluding steroid dienone is 4. The Labute approximate surface area is 465 Å². The van der Waals surface area contributed by atoms with Crippen molar-refractivity contribution in [1.82, 2.24) is 9.55 Å². The summed E-state index contributed by atoms with van der Waals surface area (Å²) in [6, 6.07) is 1.25. The van der Waals surface area contributed by atoms with Gasteiger partial charge in [0.05, 0.1) is 25.4 Å². The third-order valence-electron chi connectivity index (χ3n) is 14.2. The molecule has 78 heavy (non-hydrogen) atoms. The van der Waals surface area contributed by atoms with Crippen LogP contribution in [0.3, 0.4) is 0 Å². The minimum Gasteiger partial charge on any atom is -0.462 e. The first-order valence-corrected chi connectivity index (χ1v) is 32.5. The summed E-state index contributed by atoms with van der Waals surface area (Å²) in [5.74, 6) is -0.493. The number of rotatable bonds is 48. The second-order valence-electron chi connectivity index (χ2n) is 21.1. The van der Waals surface area contributed by atoms with Crippen LogP contribution in [0.15, 0.2) is 53.5 Å². The van der Waals surface area contributed by atoms with Gasteiger partial charge in [-0.2, -0.15) is 9.29 Å². The SMILES string of the molecule is CCCCC/C=C\C/C=C\CC1OC1C/C=C\CCCC(=O)OC[C@H](COP(=O)(O)OP(=O)(O)OC[C@H]1O[C@@H](n2ccc(N)nc2=O)[C@H](O)[C@@H]1O)OC(=O)CCCCCCCCCCCCCCCCCCCCC(C)CC. The number of esters is 2. The maximum absolute atomic E-state index is 13.0. The van der Waals surface area contributed by atoms with E-state index in [1.54, 1.807) is 0 Å². The number of nitrogen functional groups attached to an aromatic ring is 1. The first kappa shape index (κ1) is 69.2. The molecule has 2 fully saturated rings. The van der Waals surface area contributed by atoms with Crippen LogP contribution in [0.4, 0.5) is 5.82 Å². The van der Waals surface area contributed by atoms with Gasteiger partial charge in [0.15, 0.2) is 12.3 Å². The normalized spacial score (nSPS) is 21.8. The number of aromatic nitrogens is 2. The van der Waals surface area contributed by atoms with Crippen LogP contribution in [0.5, 0.6) is 0 Å². The van der Waals surface area contributed by atoms with E-state index in [-0.39, 0.29) is 30.9 Å². The third kappa shape index (κ3) is 32.4. The van der Waals surface area contributed by atoms with E-state index in [1.807, 2.05) is 12.2 Å². The fourth-order valence-electron chi connectivity index (χ4n) is 9.09. The van der Waals surface area contributed by atoms with Gasteiger partial charge in [-0.1, -0.05) is 192 Å². The fraction of sp³-hybridized carbons (Fsp3) is 0.789. The predicted molar refractivity (Wildman–Crippen MR) is 302 cm³/mol. The van der Waals surface area contributed by atoms with Gasteiger partial charge in [-0.25, -0.2) is 13.9 Å². The zero-order chi connectivity index (χ0) is 56.9. The lowest BCUT2D eigenvalue weighted by molar-refractivity contribution is -0.161. The van der Waals surface area contributed by atoms with Gasteiger partial charge < -0.3 is 44.7 Å². The molecule has 10 atom stereocenters. The van der Waals surface area contributed by atoms with Gasteiger partial charge in [-0.3, -0.25) is 23.2 Å².